The number of nitrogens with one attached hydrogen (secondary N) is 1. The summed E-state index contributed by atoms with van der Waals surface area (Å²) in [5.74, 6) is 0.659. The van der Waals surface area contributed by atoms with Gasteiger partial charge in [-0.05, 0) is 98.5 Å². The summed E-state index contributed by atoms with van der Waals surface area (Å²) in [7, 11) is 0. The van der Waals surface area contributed by atoms with Crippen molar-refractivity contribution in [3.63, 3.8) is 0 Å². The molecule has 4 nitrogen and oxygen atoms in total. The third-order valence-electron chi connectivity index (χ3n) is 4.32. The molecule has 1 saturated carbocycles. The Hall–Kier alpha value is -1.24. The van der Waals surface area contributed by atoms with E-state index in [1.54, 1.807) is 0 Å². The van der Waals surface area contributed by atoms with E-state index in [0.717, 1.165) is 38.2 Å². The van der Waals surface area contributed by atoms with Gasteiger partial charge in [-0.15, -0.1) is 0 Å². The number of aliphatic carboxylic acids is 1. The first-order chi connectivity index (χ1) is 12.9. The van der Waals surface area contributed by atoms with Crippen molar-refractivity contribution in [1.82, 2.24) is 0 Å². The second kappa shape index (κ2) is 9.30. The predicted molar refractivity (Wildman–Crippen MR) is 115 cm³/mol. The lowest BCUT2D eigenvalue weighted by molar-refractivity contribution is -0.136. The smallest absolute Gasteiger partial charge is 0.303 e. The van der Waals surface area contributed by atoms with Gasteiger partial charge in [-0.25, -0.2) is 0 Å². The molecule has 0 unspecified atom stereocenters. The number of carbonyl (C=O) groups is 1. The largest absolute Gasteiger partial charge is 0.487 e. The molecule has 0 spiro atoms. The number of rotatable bonds is 9. The summed E-state index contributed by atoms with van der Waals surface area (Å²) in [6, 6.07) is 9.66. The average molecular weight is 518 g/mol. The van der Waals surface area contributed by atoms with E-state index in [0.29, 0.717) is 23.8 Å². The topological polar surface area (TPSA) is 58.6 Å². The quantitative estimate of drug-likeness (QED) is 0.411. The Balaban J connectivity index is 1.66. The third kappa shape index (κ3) is 6.40. The van der Waals surface area contributed by atoms with Gasteiger partial charge in [0.15, 0.2) is 0 Å². The molecule has 1 aliphatic rings. The zero-order chi connectivity index (χ0) is 19.4. The molecule has 144 valence electrons. The van der Waals surface area contributed by atoms with Crippen LogP contribution < -0.4 is 10.1 Å². The summed E-state index contributed by atoms with van der Waals surface area (Å²) >= 11 is 13.3. The lowest BCUT2D eigenvalue weighted by Gasteiger charge is -2.14. The summed E-state index contributed by atoms with van der Waals surface area (Å²) in [5, 5.41) is 12.9. The monoisotopic (exact) mass is 515 g/mol. The van der Waals surface area contributed by atoms with Crippen LogP contribution in [0.5, 0.6) is 5.75 Å². The molecule has 0 aromatic heterocycles. The van der Waals surface area contributed by atoms with Crippen LogP contribution in [0, 0.1) is 5.92 Å². The van der Waals surface area contributed by atoms with Gasteiger partial charge in [-0.3, -0.25) is 4.79 Å². The van der Waals surface area contributed by atoms with Crippen molar-refractivity contribution in [2.75, 3.05) is 11.9 Å². The second-order valence-electron chi connectivity index (χ2n) is 6.74. The molecule has 7 heteroatoms. The molecule has 27 heavy (non-hydrogen) atoms. The van der Waals surface area contributed by atoms with Gasteiger partial charge in [0.2, 0.25) is 0 Å². The number of hydrogen-bond acceptors (Lipinski definition) is 3. The summed E-state index contributed by atoms with van der Waals surface area (Å²) in [6.07, 6.45) is 3.16. The van der Waals surface area contributed by atoms with Gasteiger partial charge in [0.05, 0.1) is 8.95 Å². The highest BCUT2D eigenvalue weighted by molar-refractivity contribution is 9.11. The first-order valence-corrected chi connectivity index (χ1v) is 10.7. The fourth-order valence-electron chi connectivity index (χ4n) is 2.72. The van der Waals surface area contributed by atoms with Crippen LogP contribution in [0.15, 0.2) is 39.3 Å². The van der Waals surface area contributed by atoms with Crippen LogP contribution >= 0.6 is 43.5 Å². The Morgan fingerprint density at radius 2 is 1.85 bits per heavy atom. The van der Waals surface area contributed by atoms with E-state index in [-0.39, 0.29) is 6.42 Å². The van der Waals surface area contributed by atoms with E-state index in [2.05, 4.69) is 43.2 Å². The molecule has 0 atom stereocenters. The fraction of sp³-hybridized carbons (Fsp3) is 0.350. The van der Waals surface area contributed by atoms with E-state index in [1.807, 2.05) is 24.3 Å². The Kier molecular flexibility index (Phi) is 7.06. The molecule has 3 rings (SSSR count). The van der Waals surface area contributed by atoms with Crippen molar-refractivity contribution in [1.29, 1.82) is 0 Å². The van der Waals surface area contributed by atoms with Crippen LogP contribution in [0.1, 0.15) is 30.4 Å². The number of hydrogen-bond donors (Lipinski definition) is 2. The van der Waals surface area contributed by atoms with Crippen molar-refractivity contribution in [3.8, 4) is 5.75 Å². The minimum absolute atomic E-state index is 0.0955. The van der Waals surface area contributed by atoms with Crippen LogP contribution in [0.3, 0.4) is 0 Å². The summed E-state index contributed by atoms with van der Waals surface area (Å²) in [5.41, 5.74) is 2.92. The van der Waals surface area contributed by atoms with E-state index < -0.39 is 5.97 Å². The Morgan fingerprint density at radius 3 is 2.48 bits per heavy atom. The van der Waals surface area contributed by atoms with Gasteiger partial charge >= 0.3 is 5.97 Å². The Bertz CT molecular complexity index is 817. The highest BCUT2D eigenvalue weighted by Crippen LogP contribution is 2.36. The molecule has 0 bridgehead atoms. The van der Waals surface area contributed by atoms with Crippen LogP contribution in [-0.2, 0) is 17.8 Å². The molecular formula is C20H20Br2ClNO3. The normalized spacial score (nSPS) is 13.4. The molecular weight excluding hydrogens is 497 g/mol. The molecule has 0 heterocycles. The van der Waals surface area contributed by atoms with Gasteiger partial charge in [0.1, 0.15) is 12.4 Å². The lowest BCUT2D eigenvalue weighted by atomic mass is 10.1. The van der Waals surface area contributed by atoms with Crippen LogP contribution in [-0.4, -0.2) is 17.6 Å². The van der Waals surface area contributed by atoms with Gasteiger partial charge in [-0.2, -0.15) is 0 Å². The van der Waals surface area contributed by atoms with Crippen LogP contribution in [0.25, 0.3) is 0 Å². The van der Waals surface area contributed by atoms with Crippen molar-refractivity contribution in [2.45, 2.75) is 32.3 Å². The number of ether oxygens (including phenoxy) is 1. The van der Waals surface area contributed by atoms with E-state index in [9.17, 15) is 4.79 Å². The summed E-state index contributed by atoms with van der Waals surface area (Å²) < 4.78 is 7.55. The van der Waals surface area contributed by atoms with Gasteiger partial charge in [0, 0.05) is 23.7 Å². The highest BCUT2D eigenvalue weighted by Gasteiger charge is 2.20. The van der Waals surface area contributed by atoms with Crippen molar-refractivity contribution < 1.29 is 14.6 Å². The first-order valence-electron chi connectivity index (χ1n) is 8.76. The SMILES string of the molecule is O=C(O)CCc1cc(Br)c(OCc2cc(Cl)cc(NCC3CC3)c2)c(Br)c1. The maximum Gasteiger partial charge on any atom is 0.303 e. The predicted octanol–water partition coefficient (Wildman–Crippen LogP) is 6.28. The summed E-state index contributed by atoms with van der Waals surface area (Å²) in [4.78, 5) is 10.7. The minimum atomic E-state index is -0.811. The maximum absolute atomic E-state index is 10.7. The number of aryl methyl sites for hydroxylation is 1. The molecule has 1 fully saturated rings. The number of carboxylic acids is 1. The first kappa shape index (κ1) is 20.5. The Labute approximate surface area is 180 Å². The van der Waals surface area contributed by atoms with Crippen molar-refractivity contribution in [3.05, 3.63) is 55.4 Å². The minimum Gasteiger partial charge on any atom is -0.487 e. The third-order valence-corrected chi connectivity index (χ3v) is 5.71. The zero-order valence-corrected chi connectivity index (χ0v) is 18.5. The molecule has 2 N–H and O–H groups in total. The lowest BCUT2D eigenvalue weighted by Crippen LogP contribution is -2.04. The molecule has 0 aliphatic heterocycles. The number of halogens is 3. The highest BCUT2D eigenvalue weighted by atomic mass is 79.9. The number of benzene rings is 2. The zero-order valence-electron chi connectivity index (χ0n) is 14.6. The van der Waals surface area contributed by atoms with Crippen molar-refractivity contribution >= 4 is 55.1 Å². The van der Waals surface area contributed by atoms with Gasteiger partial charge in [-0.1, -0.05) is 11.6 Å². The van der Waals surface area contributed by atoms with E-state index >= 15 is 0 Å². The molecule has 0 radical (unpaired) electrons. The molecule has 0 amide bonds. The summed E-state index contributed by atoms with van der Waals surface area (Å²) in [6.45, 7) is 1.36. The molecule has 1 aliphatic carbocycles. The average Bonchev–Trinajstić information content (AvgIpc) is 3.41. The molecule has 0 saturated heterocycles. The fourth-order valence-corrected chi connectivity index (χ4v) is 4.49. The van der Waals surface area contributed by atoms with Gasteiger partial charge in [0.25, 0.3) is 0 Å². The second-order valence-corrected chi connectivity index (χ2v) is 8.89. The van der Waals surface area contributed by atoms with Gasteiger partial charge < -0.3 is 15.2 Å². The Morgan fingerprint density at radius 1 is 1.15 bits per heavy atom. The van der Waals surface area contributed by atoms with Crippen LogP contribution in [0.4, 0.5) is 5.69 Å². The number of carboxylic acid groups (broad SMARTS) is 1. The standard InChI is InChI=1S/C20H20Br2ClNO3/c21-17-7-13(3-4-19(25)26)8-18(22)20(17)27-11-14-5-15(23)9-16(6-14)24-10-12-1-2-12/h5-9,12,24H,1-4,10-11H2,(H,25,26). The molecule has 2 aromatic carbocycles. The van der Waals surface area contributed by atoms with E-state index in [1.165, 1.54) is 12.8 Å². The van der Waals surface area contributed by atoms with Crippen molar-refractivity contribution in [2.24, 2.45) is 5.92 Å². The van der Waals surface area contributed by atoms with Crippen LogP contribution in [0.2, 0.25) is 5.02 Å². The number of anilines is 1. The maximum atomic E-state index is 10.7. The van der Waals surface area contributed by atoms with E-state index in [4.69, 9.17) is 21.4 Å². The molecule has 2 aromatic rings.